The van der Waals surface area contributed by atoms with Crippen LogP contribution in [0.2, 0.25) is 0 Å². The highest BCUT2D eigenvalue weighted by atomic mass is 16.5. The first-order chi connectivity index (χ1) is 11.9. The summed E-state index contributed by atoms with van der Waals surface area (Å²) in [7, 11) is 0. The van der Waals surface area contributed by atoms with Crippen molar-refractivity contribution in [2.45, 2.75) is 19.9 Å². The zero-order chi connectivity index (χ0) is 16.6. The third kappa shape index (κ3) is 4.24. The molecule has 0 saturated heterocycles. The van der Waals surface area contributed by atoms with Gasteiger partial charge in [-0.1, -0.05) is 54.5 Å². The Hall–Kier alpha value is -2.59. The molecule has 0 saturated carbocycles. The maximum atomic E-state index is 5.98. The molecular formula is C20H22N2O2. The van der Waals surface area contributed by atoms with Crippen molar-refractivity contribution >= 4 is 0 Å². The average molecular weight is 322 g/mol. The SMILES string of the molecule is CCNCc1cc(-c2ccccc2OCCc2ccccc2)on1. The number of aromatic nitrogens is 1. The number of benzene rings is 2. The van der Waals surface area contributed by atoms with Gasteiger partial charge in [0.2, 0.25) is 0 Å². The van der Waals surface area contributed by atoms with Crippen LogP contribution in [0, 0.1) is 0 Å². The summed E-state index contributed by atoms with van der Waals surface area (Å²) in [5.41, 5.74) is 3.09. The first-order valence-corrected chi connectivity index (χ1v) is 8.29. The van der Waals surface area contributed by atoms with E-state index in [1.807, 2.05) is 48.5 Å². The lowest BCUT2D eigenvalue weighted by molar-refractivity contribution is 0.321. The lowest BCUT2D eigenvalue weighted by Gasteiger charge is -2.09. The second-order valence-corrected chi connectivity index (χ2v) is 5.54. The van der Waals surface area contributed by atoms with Crippen molar-refractivity contribution in [2.24, 2.45) is 0 Å². The highest BCUT2D eigenvalue weighted by Gasteiger charge is 2.11. The van der Waals surface area contributed by atoms with Crippen molar-refractivity contribution in [2.75, 3.05) is 13.2 Å². The molecule has 0 radical (unpaired) electrons. The zero-order valence-electron chi connectivity index (χ0n) is 13.9. The molecule has 4 heteroatoms. The topological polar surface area (TPSA) is 47.3 Å². The Morgan fingerprint density at radius 2 is 1.83 bits per heavy atom. The molecule has 2 aromatic carbocycles. The number of ether oxygens (including phenoxy) is 1. The van der Waals surface area contributed by atoms with Crippen molar-refractivity contribution < 1.29 is 9.26 Å². The molecule has 1 N–H and O–H groups in total. The lowest BCUT2D eigenvalue weighted by atomic mass is 10.1. The Morgan fingerprint density at radius 3 is 2.67 bits per heavy atom. The van der Waals surface area contributed by atoms with Crippen molar-refractivity contribution in [3.8, 4) is 17.1 Å². The number of hydrogen-bond donors (Lipinski definition) is 1. The van der Waals surface area contributed by atoms with Crippen LogP contribution in [0.5, 0.6) is 5.75 Å². The minimum atomic E-state index is 0.624. The molecular weight excluding hydrogens is 300 g/mol. The highest BCUT2D eigenvalue weighted by Crippen LogP contribution is 2.30. The molecule has 24 heavy (non-hydrogen) atoms. The summed E-state index contributed by atoms with van der Waals surface area (Å²) in [6.45, 7) is 4.30. The van der Waals surface area contributed by atoms with Crippen LogP contribution in [0.1, 0.15) is 18.2 Å². The van der Waals surface area contributed by atoms with Crippen LogP contribution in [-0.4, -0.2) is 18.3 Å². The molecule has 0 aliphatic heterocycles. The van der Waals surface area contributed by atoms with Crippen LogP contribution in [0.4, 0.5) is 0 Å². The molecule has 0 aliphatic carbocycles. The van der Waals surface area contributed by atoms with E-state index in [0.717, 1.165) is 35.7 Å². The minimum absolute atomic E-state index is 0.624. The standard InChI is InChI=1S/C20H22N2O2/c1-2-21-15-17-14-20(24-22-17)18-10-6-7-11-19(18)23-13-12-16-8-4-3-5-9-16/h3-11,14,21H,2,12-13,15H2,1H3. The fraction of sp³-hybridized carbons (Fsp3) is 0.250. The van der Waals surface area contributed by atoms with E-state index < -0.39 is 0 Å². The number of para-hydroxylation sites is 1. The predicted molar refractivity (Wildman–Crippen MR) is 95.0 cm³/mol. The molecule has 0 spiro atoms. The van der Waals surface area contributed by atoms with Gasteiger partial charge in [0.05, 0.1) is 17.9 Å². The maximum absolute atomic E-state index is 5.98. The average Bonchev–Trinajstić information content (AvgIpc) is 3.10. The normalized spacial score (nSPS) is 10.7. The predicted octanol–water partition coefficient (Wildman–Crippen LogP) is 4.07. The number of rotatable bonds is 8. The monoisotopic (exact) mass is 322 g/mol. The van der Waals surface area contributed by atoms with Gasteiger partial charge in [0, 0.05) is 19.0 Å². The molecule has 4 nitrogen and oxygen atoms in total. The molecule has 0 bridgehead atoms. The number of hydrogen-bond acceptors (Lipinski definition) is 4. The number of nitrogens with zero attached hydrogens (tertiary/aromatic N) is 1. The summed E-state index contributed by atoms with van der Waals surface area (Å²) in [5.74, 6) is 1.55. The van der Waals surface area contributed by atoms with E-state index in [4.69, 9.17) is 9.26 Å². The first kappa shape index (κ1) is 16.3. The summed E-state index contributed by atoms with van der Waals surface area (Å²) in [6.07, 6.45) is 0.872. The molecule has 1 heterocycles. The Bertz CT molecular complexity index is 753. The summed E-state index contributed by atoms with van der Waals surface area (Å²) in [4.78, 5) is 0. The summed E-state index contributed by atoms with van der Waals surface area (Å²) >= 11 is 0. The summed E-state index contributed by atoms with van der Waals surface area (Å²) in [5, 5.41) is 7.35. The van der Waals surface area contributed by atoms with Gasteiger partial charge in [0.15, 0.2) is 5.76 Å². The Morgan fingerprint density at radius 1 is 1.04 bits per heavy atom. The van der Waals surface area contributed by atoms with Crippen LogP contribution in [0.3, 0.4) is 0 Å². The van der Waals surface area contributed by atoms with Crippen molar-refractivity contribution in [3.05, 3.63) is 71.9 Å². The second kappa shape index (κ2) is 8.31. The molecule has 3 rings (SSSR count). The van der Waals surface area contributed by atoms with E-state index in [-0.39, 0.29) is 0 Å². The van der Waals surface area contributed by atoms with Gasteiger partial charge in [0.1, 0.15) is 5.75 Å². The molecule has 1 aromatic heterocycles. The smallest absolute Gasteiger partial charge is 0.170 e. The zero-order valence-corrected chi connectivity index (χ0v) is 13.9. The van der Waals surface area contributed by atoms with E-state index in [1.165, 1.54) is 5.56 Å². The van der Waals surface area contributed by atoms with Crippen LogP contribution in [-0.2, 0) is 13.0 Å². The van der Waals surface area contributed by atoms with Crippen molar-refractivity contribution in [1.82, 2.24) is 10.5 Å². The van der Waals surface area contributed by atoms with Gasteiger partial charge < -0.3 is 14.6 Å². The molecule has 0 amide bonds. The highest BCUT2D eigenvalue weighted by molar-refractivity contribution is 5.65. The fourth-order valence-electron chi connectivity index (χ4n) is 2.49. The van der Waals surface area contributed by atoms with Crippen LogP contribution >= 0.6 is 0 Å². The molecule has 3 aromatic rings. The molecule has 0 aliphatic rings. The first-order valence-electron chi connectivity index (χ1n) is 8.29. The van der Waals surface area contributed by atoms with Gasteiger partial charge in [0.25, 0.3) is 0 Å². The Labute approximate surface area is 142 Å². The van der Waals surface area contributed by atoms with E-state index in [2.05, 4.69) is 29.5 Å². The summed E-state index contributed by atoms with van der Waals surface area (Å²) in [6, 6.07) is 20.2. The third-order valence-electron chi connectivity index (χ3n) is 3.76. The van der Waals surface area contributed by atoms with E-state index in [1.54, 1.807) is 0 Å². The van der Waals surface area contributed by atoms with Crippen molar-refractivity contribution in [1.29, 1.82) is 0 Å². The van der Waals surface area contributed by atoms with Crippen LogP contribution < -0.4 is 10.1 Å². The van der Waals surface area contributed by atoms with Crippen molar-refractivity contribution in [3.63, 3.8) is 0 Å². The van der Waals surface area contributed by atoms with E-state index in [0.29, 0.717) is 13.2 Å². The molecule has 0 atom stereocenters. The van der Waals surface area contributed by atoms with Crippen LogP contribution in [0.25, 0.3) is 11.3 Å². The third-order valence-corrected chi connectivity index (χ3v) is 3.76. The Balaban J connectivity index is 1.67. The maximum Gasteiger partial charge on any atom is 0.170 e. The Kier molecular flexibility index (Phi) is 5.64. The molecule has 0 fully saturated rings. The van der Waals surface area contributed by atoms with E-state index in [9.17, 15) is 0 Å². The minimum Gasteiger partial charge on any atom is -0.492 e. The molecule has 0 unspecified atom stereocenters. The van der Waals surface area contributed by atoms with E-state index >= 15 is 0 Å². The number of nitrogens with one attached hydrogen (secondary N) is 1. The lowest BCUT2D eigenvalue weighted by Crippen LogP contribution is -2.11. The van der Waals surface area contributed by atoms with Gasteiger partial charge in [-0.05, 0) is 24.2 Å². The van der Waals surface area contributed by atoms with Gasteiger partial charge >= 0.3 is 0 Å². The van der Waals surface area contributed by atoms with Crippen LogP contribution in [0.15, 0.2) is 65.2 Å². The van der Waals surface area contributed by atoms with Gasteiger partial charge in [-0.2, -0.15) is 0 Å². The van der Waals surface area contributed by atoms with Gasteiger partial charge in [-0.25, -0.2) is 0 Å². The fourth-order valence-corrected chi connectivity index (χ4v) is 2.49. The molecule has 124 valence electrons. The van der Waals surface area contributed by atoms with Gasteiger partial charge in [-0.3, -0.25) is 0 Å². The quantitative estimate of drug-likeness (QED) is 0.679. The second-order valence-electron chi connectivity index (χ2n) is 5.54. The largest absolute Gasteiger partial charge is 0.492 e. The van der Waals surface area contributed by atoms with Gasteiger partial charge in [-0.15, -0.1) is 0 Å². The summed E-state index contributed by atoms with van der Waals surface area (Å²) < 4.78 is 11.5.